The molecule has 1 N–H and O–H groups in total. The Hall–Kier alpha value is -2.28. The van der Waals surface area contributed by atoms with Crippen LogP contribution in [0, 0.1) is 11.8 Å². The first-order chi connectivity index (χ1) is 12.8. The van der Waals surface area contributed by atoms with Crippen LogP contribution >= 0.6 is 0 Å². The molecule has 7 nitrogen and oxygen atoms in total. The summed E-state index contributed by atoms with van der Waals surface area (Å²) in [5.41, 5.74) is 4.76. The van der Waals surface area contributed by atoms with E-state index in [1.54, 1.807) is 9.91 Å². The number of fused-ring (bicyclic) bond motifs is 3. The fourth-order valence-corrected chi connectivity index (χ4v) is 4.15. The van der Waals surface area contributed by atoms with Gasteiger partial charge < -0.3 is 9.64 Å². The summed E-state index contributed by atoms with van der Waals surface area (Å²) in [7, 11) is 0. The number of hydrazine groups is 2. The minimum absolute atomic E-state index is 0.00364. The van der Waals surface area contributed by atoms with Crippen LogP contribution in [-0.4, -0.2) is 47.3 Å². The molecule has 1 unspecified atom stereocenters. The van der Waals surface area contributed by atoms with E-state index in [0.29, 0.717) is 25.6 Å². The van der Waals surface area contributed by atoms with Crippen LogP contribution in [0.25, 0.3) is 0 Å². The quantitative estimate of drug-likeness (QED) is 0.863. The van der Waals surface area contributed by atoms with Crippen molar-refractivity contribution in [2.75, 3.05) is 30.1 Å². The van der Waals surface area contributed by atoms with Gasteiger partial charge in [-0.05, 0) is 58.1 Å². The summed E-state index contributed by atoms with van der Waals surface area (Å²) in [6.07, 6.45) is 2.49. The number of ether oxygens (including phenoxy) is 1. The Morgan fingerprint density at radius 1 is 1.22 bits per heavy atom. The van der Waals surface area contributed by atoms with E-state index < -0.39 is 5.60 Å². The van der Waals surface area contributed by atoms with Gasteiger partial charge in [-0.1, -0.05) is 12.1 Å². The van der Waals surface area contributed by atoms with Gasteiger partial charge in [0, 0.05) is 13.1 Å². The van der Waals surface area contributed by atoms with Gasteiger partial charge in [-0.15, -0.1) is 5.12 Å². The molecule has 1 aromatic carbocycles. The second-order valence-electron chi connectivity index (χ2n) is 8.70. The topological polar surface area (TPSA) is 65.1 Å². The molecular formula is C20H28N4O3. The number of nitrogens with one attached hydrogen (secondary N) is 1. The summed E-state index contributed by atoms with van der Waals surface area (Å²) in [6.45, 7) is 7.76. The van der Waals surface area contributed by atoms with Crippen molar-refractivity contribution in [2.45, 2.75) is 45.6 Å². The highest BCUT2D eigenvalue weighted by Gasteiger charge is 2.44. The Kier molecular flexibility index (Phi) is 4.50. The van der Waals surface area contributed by atoms with Crippen LogP contribution < -0.4 is 10.4 Å². The lowest BCUT2D eigenvalue weighted by molar-refractivity contribution is -0.121. The maximum absolute atomic E-state index is 12.9. The van der Waals surface area contributed by atoms with Crippen molar-refractivity contribution in [1.29, 1.82) is 0 Å². The maximum atomic E-state index is 12.9. The fourth-order valence-electron chi connectivity index (χ4n) is 4.15. The molecule has 2 saturated heterocycles. The van der Waals surface area contributed by atoms with Crippen molar-refractivity contribution in [3.05, 3.63) is 24.3 Å². The van der Waals surface area contributed by atoms with Crippen LogP contribution in [0.2, 0.25) is 0 Å². The molecule has 0 aromatic heterocycles. The van der Waals surface area contributed by atoms with Gasteiger partial charge in [-0.3, -0.25) is 10.2 Å². The van der Waals surface area contributed by atoms with Crippen molar-refractivity contribution < 1.29 is 14.3 Å². The zero-order chi connectivity index (χ0) is 19.2. The normalized spacial score (nSPS) is 23.2. The molecule has 2 fully saturated rings. The van der Waals surface area contributed by atoms with Crippen molar-refractivity contribution in [2.24, 2.45) is 11.8 Å². The lowest BCUT2D eigenvalue weighted by Crippen LogP contribution is -2.42. The number of carbonyl (C=O) groups is 2. The predicted molar refractivity (Wildman–Crippen MR) is 103 cm³/mol. The number of anilines is 2. The first-order valence-corrected chi connectivity index (χ1v) is 9.77. The Morgan fingerprint density at radius 2 is 1.93 bits per heavy atom. The molecule has 27 heavy (non-hydrogen) atoms. The van der Waals surface area contributed by atoms with E-state index in [2.05, 4.69) is 5.43 Å². The first-order valence-electron chi connectivity index (χ1n) is 9.77. The maximum Gasteiger partial charge on any atom is 0.410 e. The number of para-hydroxylation sites is 2. The van der Waals surface area contributed by atoms with E-state index in [4.69, 9.17) is 4.74 Å². The summed E-state index contributed by atoms with van der Waals surface area (Å²) in [6, 6.07) is 7.89. The molecular weight excluding hydrogens is 344 g/mol. The number of piperidine rings is 1. The summed E-state index contributed by atoms with van der Waals surface area (Å²) >= 11 is 0. The number of nitrogens with zero attached hydrogens (tertiary/aromatic N) is 3. The third-order valence-corrected chi connectivity index (χ3v) is 5.46. The fraction of sp³-hybridized carbons (Fsp3) is 0.600. The van der Waals surface area contributed by atoms with Gasteiger partial charge in [-0.25, -0.2) is 9.80 Å². The van der Waals surface area contributed by atoms with Crippen molar-refractivity contribution in [1.82, 2.24) is 10.0 Å². The van der Waals surface area contributed by atoms with Gasteiger partial charge in [-0.2, -0.15) is 0 Å². The smallest absolute Gasteiger partial charge is 0.410 e. The molecule has 3 aliphatic heterocycles. The number of carbonyl (C=O) groups excluding carboxylic acids is 2. The first kappa shape index (κ1) is 18.1. The van der Waals surface area contributed by atoms with Gasteiger partial charge in [0.1, 0.15) is 5.60 Å². The van der Waals surface area contributed by atoms with Gasteiger partial charge in [0.2, 0.25) is 5.91 Å². The van der Waals surface area contributed by atoms with Crippen LogP contribution in [0.4, 0.5) is 16.2 Å². The lowest BCUT2D eigenvalue weighted by atomic mass is 9.87. The minimum atomic E-state index is -0.464. The van der Waals surface area contributed by atoms with Crippen LogP contribution in [-0.2, 0) is 9.53 Å². The summed E-state index contributed by atoms with van der Waals surface area (Å²) in [4.78, 5) is 26.9. The zero-order valence-corrected chi connectivity index (χ0v) is 16.3. The molecule has 1 aromatic rings. The molecule has 4 rings (SSSR count). The molecule has 3 heterocycles. The van der Waals surface area contributed by atoms with Crippen molar-refractivity contribution in [3.63, 3.8) is 0 Å². The molecule has 146 valence electrons. The van der Waals surface area contributed by atoms with Gasteiger partial charge in [0.15, 0.2) is 0 Å². The van der Waals surface area contributed by atoms with E-state index in [9.17, 15) is 9.59 Å². The number of hydrogen-bond donors (Lipinski definition) is 1. The standard InChI is InChI=1S/C20H28N4O3/c1-20(2,3)27-19(26)22-10-8-14(9-11-22)12-15-13-23-21-16-6-4-5-7-17(16)24(23)18(15)25/h4-7,14-15,21H,8-13H2,1-3H3. The molecule has 0 bridgehead atoms. The summed E-state index contributed by atoms with van der Waals surface area (Å²) in [5, 5.41) is 3.70. The highest BCUT2D eigenvalue weighted by Crippen LogP contribution is 2.40. The molecule has 1 atom stereocenters. The van der Waals surface area contributed by atoms with Crippen LogP contribution in [0.3, 0.4) is 0 Å². The Bertz CT molecular complexity index is 737. The van der Waals surface area contributed by atoms with Gasteiger partial charge >= 0.3 is 6.09 Å². The highest BCUT2D eigenvalue weighted by atomic mass is 16.6. The Balaban J connectivity index is 1.31. The second-order valence-corrected chi connectivity index (χ2v) is 8.70. The van der Waals surface area contributed by atoms with E-state index in [1.165, 1.54) is 0 Å². The average molecular weight is 372 g/mol. The summed E-state index contributed by atoms with van der Waals surface area (Å²) < 4.78 is 5.46. The van der Waals surface area contributed by atoms with Crippen molar-refractivity contribution >= 4 is 23.4 Å². The van der Waals surface area contributed by atoms with E-state index in [-0.39, 0.29) is 17.9 Å². The van der Waals surface area contributed by atoms with Crippen LogP contribution in [0.5, 0.6) is 0 Å². The summed E-state index contributed by atoms with van der Waals surface area (Å²) in [5.74, 6) is 0.639. The molecule has 3 aliphatic rings. The Labute approximate surface area is 160 Å². The van der Waals surface area contributed by atoms with Gasteiger partial charge in [0.05, 0.1) is 23.8 Å². The highest BCUT2D eigenvalue weighted by molar-refractivity contribution is 6.01. The Morgan fingerprint density at radius 3 is 2.63 bits per heavy atom. The predicted octanol–water partition coefficient (Wildman–Crippen LogP) is 3.24. The van der Waals surface area contributed by atoms with E-state index in [1.807, 2.05) is 50.2 Å². The monoisotopic (exact) mass is 372 g/mol. The lowest BCUT2D eigenvalue weighted by Gasteiger charge is -2.34. The average Bonchev–Trinajstić information content (AvgIpc) is 3.11. The third kappa shape index (κ3) is 3.60. The van der Waals surface area contributed by atoms with E-state index in [0.717, 1.165) is 30.6 Å². The van der Waals surface area contributed by atoms with Crippen LogP contribution in [0.1, 0.15) is 40.0 Å². The van der Waals surface area contributed by atoms with Gasteiger partial charge in [0.25, 0.3) is 0 Å². The number of likely N-dealkylation sites (tertiary alicyclic amines) is 1. The largest absolute Gasteiger partial charge is 0.444 e. The minimum Gasteiger partial charge on any atom is -0.444 e. The number of hydrogen-bond acceptors (Lipinski definition) is 5. The molecule has 7 heteroatoms. The second kappa shape index (κ2) is 6.71. The third-order valence-electron chi connectivity index (χ3n) is 5.46. The number of amides is 2. The SMILES string of the molecule is CC(C)(C)OC(=O)N1CCC(CC2CN3Nc4ccccc4N3C2=O)CC1. The molecule has 0 saturated carbocycles. The van der Waals surface area contributed by atoms with Crippen LogP contribution in [0.15, 0.2) is 24.3 Å². The van der Waals surface area contributed by atoms with Crippen molar-refractivity contribution in [3.8, 4) is 0 Å². The molecule has 0 spiro atoms. The molecule has 2 amide bonds. The molecule has 0 radical (unpaired) electrons. The number of benzene rings is 1. The zero-order valence-electron chi connectivity index (χ0n) is 16.3. The van der Waals surface area contributed by atoms with E-state index >= 15 is 0 Å². The number of rotatable bonds is 2. The molecule has 0 aliphatic carbocycles.